The maximum atomic E-state index is 13.5. The van der Waals surface area contributed by atoms with Crippen molar-refractivity contribution in [2.75, 3.05) is 13.1 Å². The molecule has 3 aromatic rings. The predicted molar refractivity (Wildman–Crippen MR) is 99.1 cm³/mol. The zero-order valence-corrected chi connectivity index (χ0v) is 15.7. The smallest absolute Gasteiger partial charge is 0.330 e. The van der Waals surface area contributed by atoms with E-state index in [1.165, 1.54) is 15.2 Å². The van der Waals surface area contributed by atoms with Crippen LogP contribution in [0.5, 0.6) is 0 Å². The summed E-state index contributed by atoms with van der Waals surface area (Å²) in [5.74, 6) is -3.01. The summed E-state index contributed by atoms with van der Waals surface area (Å²) in [4.78, 5) is 31.5. The molecule has 0 unspecified atom stereocenters. The molecule has 1 fully saturated rings. The number of hydrogen-bond donors (Lipinski definition) is 0. The number of hydrogen-bond acceptors (Lipinski definition) is 4. The fourth-order valence-corrected chi connectivity index (χ4v) is 4.01. The third kappa shape index (κ3) is 3.05. The summed E-state index contributed by atoms with van der Waals surface area (Å²) >= 11 is 0.991. The number of amides is 1. The van der Waals surface area contributed by atoms with Gasteiger partial charge in [0.05, 0.1) is 10.4 Å². The molecule has 0 spiro atoms. The van der Waals surface area contributed by atoms with E-state index >= 15 is 0 Å². The molecule has 0 N–H and O–H groups in total. The van der Waals surface area contributed by atoms with Crippen LogP contribution in [-0.4, -0.2) is 38.0 Å². The van der Waals surface area contributed by atoms with Gasteiger partial charge in [-0.15, -0.1) is 11.3 Å². The molecule has 4 rings (SSSR count). The molecule has 1 amide bonds. The maximum absolute atomic E-state index is 13.5. The molecule has 1 saturated heterocycles. The molecular formula is C18H18F2N4O2S. The van der Waals surface area contributed by atoms with E-state index in [4.69, 9.17) is 0 Å². The number of nitrogens with zero attached hydrogens (tertiary/aromatic N) is 4. The Balaban J connectivity index is 1.76. The van der Waals surface area contributed by atoms with E-state index in [1.807, 2.05) is 0 Å². The summed E-state index contributed by atoms with van der Waals surface area (Å²) < 4.78 is 29.8. The van der Waals surface area contributed by atoms with E-state index < -0.39 is 5.92 Å². The highest BCUT2D eigenvalue weighted by molar-refractivity contribution is 7.15. The lowest BCUT2D eigenvalue weighted by molar-refractivity contribution is -0.135. The molecule has 142 valence electrons. The van der Waals surface area contributed by atoms with Gasteiger partial charge >= 0.3 is 5.69 Å². The van der Waals surface area contributed by atoms with E-state index in [1.54, 1.807) is 30.3 Å². The van der Waals surface area contributed by atoms with Crippen molar-refractivity contribution in [3.05, 3.63) is 39.8 Å². The van der Waals surface area contributed by atoms with Gasteiger partial charge in [-0.2, -0.15) is 0 Å². The predicted octanol–water partition coefficient (Wildman–Crippen LogP) is 2.81. The molecule has 0 aromatic carbocycles. The molecule has 9 heteroatoms. The number of halogens is 2. The summed E-state index contributed by atoms with van der Waals surface area (Å²) in [6, 6.07) is 4.75. The third-order valence-electron chi connectivity index (χ3n) is 4.80. The summed E-state index contributed by atoms with van der Waals surface area (Å²) in [6.45, 7) is 2.24. The highest BCUT2D eigenvalue weighted by atomic mass is 32.1. The number of likely N-dealkylation sites (tertiary alicyclic amines) is 1. The van der Waals surface area contributed by atoms with E-state index in [9.17, 15) is 18.4 Å². The highest BCUT2D eigenvalue weighted by Gasteiger charge is 2.27. The Morgan fingerprint density at radius 3 is 2.67 bits per heavy atom. The van der Waals surface area contributed by atoms with Gasteiger partial charge in [-0.1, -0.05) is 0 Å². The summed E-state index contributed by atoms with van der Waals surface area (Å²) in [6.07, 6.45) is 2.54. The first-order valence-corrected chi connectivity index (χ1v) is 9.39. The van der Waals surface area contributed by atoms with Crippen molar-refractivity contribution < 1.29 is 13.6 Å². The Kier molecular flexibility index (Phi) is 4.14. The molecule has 1 aliphatic heterocycles. The largest absolute Gasteiger partial charge is 0.341 e. The molecule has 0 atom stereocenters. The van der Waals surface area contributed by atoms with Crippen molar-refractivity contribution in [1.29, 1.82) is 0 Å². The van der Waals surface area contributed by atoms with E-state index in [2.05, 4.69) is 4.98 Å². The van der Waals surface area contributed by atoms with Crippen molar-refractivity contribution >= 4 is 28.4 Å². The monoisotopic (exact) mass is 392 g/mol. The van der Waals surface area contributed by atoms with Gasteiger partial charge in [-0.25, -0.2) is 18.6 Å². The average molecular weight is 392 g/mol. The molecule has 0 bridgehead atoms. The van der Waals surface area contributed by atoms with Crippen LogP contribution >= 0.6 is 11.3 Å². The molecule has 27 heavy (non-hydrogen) atoms. The van der Waals surface area contributed by atoms with Crippen molar-refractivity contribution in [1.82, 2.24) is 19.0 Å². The lowest BCUT2D eigenvalue weighted by atomic mass is 10.2. The number of aromatic nitrogens is 3. The first-order chi connectivity index (χ1) is 12.8. The van der Waals surface area contributed by atoms with Gasteiger partial charge in [0.1, 0.15) is 6.54 Å². The zero-order chi connectivity index (χ0) is 19.3. The second-order valence-electron chi connectivity index (χ2n) is 6.78. The Morgan fingerprint density at radius 1 is 1.33 bits per heavy atom. The van der Waals surface area contributed by atoms with Crippen LogP contribution in [0.25, 0.3) is 21.6 Å². The van der Waals surface area contributed by atoms with Crippen molar-refractivity contribution in [3.63, 3.8) is 0 Å². The second kappa shape index (κ2) is 6.26. The average Bonchev–Trinajstić information content (AvgIpc) is 3.13. The molecular weight excluding hydrogens is 374 g/mol. The normalized spacial score (nSPS) is 14.6. The van der Waals surface area contributed by atoms with Crippen LogP contribution in [0.15, 0.2) is 29.2 Å². The molecule has 0 saturated carbocycles. The number of fused-ring (bicyclic) bond motifs is 1. The first kappa shape index (κ1) is 17.8. The number of pyridine rings is 1. The fraction of sp³-hybridized carbons (Fsp3) is 0.389. The molecule has 1 aliphatic rings. The lowest BCUT2D eigenvalue weighted by Gasteiger charge is -2.30. The van der Waals surface area contributed by atoms with Gasteiger partial charge < -0.3 is 4.90 Å². The van der Waals surface area contributed by atoms with E-state index in [-0.39, 0.29) is 23.0 Å². The van der Waals surface area contributed by atoms with Crippen LogP contribution < -0.4 is 5.69 Å². The summed E-state index contributed by atoms with van der Waals surface area (Å²) in [7, 11) is 1.60. The zero-order valence-electron chi connectivity index (χ0n) is 14.9. The Labute approximate surface area is 157 Å². The Morgan fingerprint density at radius 2 is 2.07 bits per heavy atom. The fourth-order valence-electron chi connectivity index (χ4n) is 3.10. The highest BCUT2D eigenvalue weighted by Crippen LogP contribution is 2.37. The van der Waals surface area contributed by atoms with Crippen LogP contribution in [-0.2, 0) is 24.3 Å². The molecule has 4 heterocycles. The number of aryl methyl sites for hydroxylation is 1. The SMILES string of the molecule is Cn1c(=O)n(CC(=O)N2CCC2)c2cc(-c3ccc(C(C)(F)F)s3)cnc21. The number of rotatable bonds is 4. The van der Waals surface area contributed by atoms with Crippen molar-refractivity contribution in [3.8, 4) is 10.4 Å². The molecule has 6 nitrogen and oxygen atoms in total. The molecule has 3 aromatic heterocycles. The minimum atomic E-state index is -2.90. The van der Waals surface area contributed by atoms with Crippen LogP contribution in [0.2, 0.25) is 0 Å². The van der Waals surface area contributed by atoms with Crippen LogP contribution in [0, 0.1) is 0 Å². The van der Waals surface area contributed by atoms with Crippen LogP contribution in [0.4, 0.5) is 8.78 Å². The number of thiophene rings is 1. The molecule has 0 radical (unpaired) electrons. The van der Waals surface area contributed by atoms with Crippen molar-refractivity contribution in [2.45, 2.75) is 25.8 Å². The van der Waals surface area contributed by atoms with E-state index in [0.717, 1.165) is 24.7 Å². The van der Waals surface area contributed by atoms with E-state index in [0.29, 0.717) is 34.7 Å². The number of carbonyl (C=O) groups is 1. The Hall–Kier alpha value is -2.55. The van der Waals surface area contributed by atoms with Gasteiger partial charge in [0, 0.05) is 43.7 Å². The van der Waals surface area contributed by atoms with Crippen LogP contribution in [0.1, 0.15) is 18.2 Å². The van der Waals surface area contributed by atoms with Gasteiger partial charge in [0.2, 0.25) is 5.91 Å². The van der Waals surface area contributed by atoms with Gasteiger partial charge in [0.25, 0.3) is 5.92 Å². The standard InChI is InChI=1S/C18H18F2N4O2S/c1-18(19,20)14-5-4-13(27-14)11-8-12-16(21-9-11)22(2)17(26)24(12)10-15(25)23-6-3-7-23/h4-5,8-9H,3,6-7,10H2,1-2H3. The summed E-state index contributed by atoms with van der Waals surface area (Å²) in [5.41, 5.74) is 1.29. The van der Waals surface area contributed by atoms with Crippen LogP contribution in [0.3, 0.4) is 0 Å². The Bertz CT molecular complexity index is 1090. The quantitative estimate of drug-likeness (QED) is 0.686. The first-order valence-electron chi connectivity index (χ1n) is 8.57. The lowest BCUT2D eigenvalue weighted by Crippen LogP contribution is -2.44. The topological polar surface area (TPSA) is 60.1 Å². The maximum Gasteiger partial charge on any atom is 0.330 e. The minimum Gasteiger partial charge on any atom is -0.341 e. The number of imidazole rings is 1. The van der Waals surface area contributed by atoms with Gasteiger partial charge in [0.15, 0.2) is 5.65 Å². The van der Waals surface area contributed by atoms with Gasteiger partial charge in [-0.3, -0.25) is 13.9 Å². The molecule has 0 aliphatic carbocycles. The number of carbonyl (C=O) groups excluding carboxylic acids is 1. The van der Waals surface area contributed by atoms with Crippen molar-refractivity contribution in [2.24, 2.45) is 7.05 Å². The third-order valence-corrected chi connectivity index (χ3v) is 6.11. The minimum absolute atomic E-state index is 0.0315. The summed E-state index contributed by atoms with van der Waals surface area (Å²) in [5, 5.41) is 0. The van der Waals surface area contributed by atoms with Gasteiger partial charge in [-0.05, 0) is 24.6 Å². The second-order valence-corrected chi connectivity index (χ2v) is 7.86. The number of alkyl halides is 2.